The van der Waals surface area contributed by atoms with Crippen LogP contribution in [0.1, 0.15) is 56.6 Å². The van der Waals surface area contributed by atoms with Gasteiger partial charge in [-0.15, -0.1) is 0 Å². The van der Waals surface area contributed by atoms with Crippen LogP contribution >= 0.6 is 0 Å². The van der Waals surface area contributed by atoms with E-state index in [4.69, 9.17) is 0 Å². The third kappa shape index (κ3) is 1.84. The molecule has 1 saturated carbocycles. The molecule has 1 aromatic carbocycles. The van der Waals surface area contributed by atoms with E-state index in [0.717, 1.165) is 11.8 Å². The van der Waals surface area contributed by atoms with Crippen molar-refractivity contribution in [3.05, 3.63) is 35.4 Å². The second-order valence-electron chi connectivity index (χ2n) is 4.82. The van der Waals surface area contributed by atoms with Crippen LogP contribution in [0.2, 0.25) is 0 Å². The highest BCUT2D eigenvalue weighted by Crippen LogP contribution is 2.43. The van der Waals surface area contributed by atoms with E-state index < -0.39 is 0 Å². The van der Waals surface area contributed by atoms with Crippen LogP contribution < -0.4 is 0 Å². The Balaban J connectivity index is 2.30. The lowest BCUT2D eigenvalue weighted by atomic mass is 9.87. The summed E-state index contributed by atoms with van der Waals surface area (Å²) in [4.78, 5) is 0. The van der Waals surface area contributed by atoms with Crippen molar-refractivity contribution in [2.45, 2.75) is 45.4 Å². The van der Waals surface area contributed by atoms with Gasteiger partial charge in [0.2, 0.25) is 0 Å². The number of hydrogen-bond donors (Lipinski definition) is 0. The molecule has 1 atom stereocenters. The molecule has 0 saturated heterocycles. The van der Waals surface area contributed by atoms with Gasteiger partial charge in [0, 0.05) is 0 Å². The Bertz CT molecular complexity index is 308. The maximum absolute atomic E-state index is 3.40. The molecule has 1 radical (unpaired) electrons. The molecule has 14 heavy (non-hydrogen) atoms. The topological polar surface area (TPSA) is 0 Å². The van der Waals surface area contributed by atoms with Gasteiger partial charge in [-0.05, 0) is 47.8 Å². The van der Waals surface area contributed by atoms with Gasteiger partial charge in [-0.3, -0.25) is 0 Å². The predicted octanol–water partition coefficient (Wildman–Crippen LogP) is 4.12. The summed E-state index contributed by atoms with van der Waals surface area (Å²) in [5, 5.41) is 0. The predicted molar refractivity (Wildman–Crippen MR) is 60.5 cm³/mol. The normalized spacial score (nSPS) is 18.6. The summed E-state index contributed by atoms with van der Waals surface area (Å²) >= 11 is 0. The third-order valence-corrected chi connectivity index (χ3v) is 3.32. The molecule has 0 aromatic heterocycles. The molecule has 1 aromatic rings. The van der Waals surface area contributed by atoms with Crippen molar-refractivity contribution in [3.8, 4) is 0 Å². The third-order valence-electron chi connectivity index (χ3n) is 3.32. The molecule has 0 nitrogen and oxygen atoms in total. The zero-order valence-corrected chi connectivity index (χ0v) is 9.38. The average molecular weight is 187 g/mol. The Kier molecular flexibility index (Phi) is 2.62. The fraction of sp³-hybridized carbons (Fsp3) is 0.571. The molecule has 0 N–H and O–H groups in total. The van der Waals surface area contributed by atoms with Gasteiger partial charge in [0.25, 0.3) is 0 Å². The molecule has 0 unspecified atom stereocenters. The summed E-state index contributed by atoms with van der Waals surface area (Å²) in [5.41, 5.74) is 2.96. The minimum Gasteiger partial charge on any atom is -0.0613 e. The lowest BCUT2D eigenvalue weighted by Gasteiger charge is -2.17. The molecule has 0 aliphatic heterocycles. The number of hydrogen-bond acceptors (Lipinski definition) is 0. The molecule has 2 rings (SSSR count). The molecule has 0 amide bonds. The summed E-state index contributed by atoms with van der Waals surface area (Å²) in [6.07, 6.45) is 2.85. The molecule has 1 aliphatic carbocycles. The van der Waals surface area contributed by atoms with E-state index in [1.807, 2.05) is 6.07 Å². The van der Waals surface area contributed by atoms with Crippen LogP contribution in [0.3, 0.4) is 0 Å². The monoisotopic (exact) mass is 187 g/mol. The highest BCUT2D eigenvalue weighted by molar-refractivity contribution is 5.32. The average Bonchev–Trinajstić information content (AvgIpc) is 3.00. The quantitative estimate of drug-likeness (QED) is 0.667. The van der Waals surface area contributed by atoms with Gasteiger partial charge in [0.15, 0.2) is 0 Å². The number of benzene rings is 1. The summed E-state index contributed by atoms with van der Waals surface area (Å²) in [6, 6.07) is 9.85. The van der Waals surface area contributed by atoms with Crippen LogP contribution in [-0.2, 0) is 0 Å². The molecule has 1 aliphatic rings. The van der Waals surface area contributed by atoms with Gasteiger partial charge in [0.05, 0.1) is 0 Å². The first-order chi connectivity index (χ1) is 6.70. The van der Waals surface area contributed by atoms with Gasteiger partial charge >= 0.3 is 0 Å². The van der Waals surface area contributed by atoms with Gasteiger partial charge < -0.3 is 0 Å². The molecule has 0 spiro atoms. The summed E-state index contributed by atoms with van der Waals surface area (Å²) in [7, 11) is 0. The van der Waals surface area contributed by atoms with Crippen molar-refractivity contribution < 1.29 is 0 Å². The molecule has 75 valence electrons. The lowest BCUT2D eigenvalue weighted by Crippen LogP contribution is -2.02. The largest absolute Gasteiger partial charge is 0.0613 e. The maximum Gasteiger partial charge on any atom is -0.0143 e. The highest BCUT2D eigenvalue weighted by atomic mass is 14.3. The van der Waals surface area contributed by atoms with E-state index >= 15 is 0 Å². The van der Waals surface area contributed by atoms with Crippen molar-refractivity contribution in [2.75, 3.05) is 0 Å². The summed E-state index contributed by atoms with van der Waals surface area (Å²) in [5.74, 6) is 2.29. The standard InChI is InChI=1S/C14H19/c1-10(2)13-6-4-5-7-14(13)11(3)12-8-9-12/h4-5,7,10-12H,8-9H2,1-3H3/t11-/m1/s1. The number of rotatable bonds is 3. The van der Waals surface area contributed by atoms with Gasteiger partial charge in [-0.1, -0.05) is 39.0 Å². The fourth-order valence-corrected chi connectivity index (χ4v) is 2.21. The molecule has 1 fully saturated rings. The fourth-order valence-electron chi connectivity index (χ4n) is 2.21. The van der Waals surface area contributed by atoms with Crippen LogP contribution in [0.15, 0.2) is 18.2 Å². The van der Waals surface area contributed by atoms with Gasteiger partial charge in [0.1, 0.15) is 0 Å². The molecule has 0 heteroatoms. The van der Waals surface area contributed by atoms with E-state index in [1.54, 1.807) is 0 Å². The van der Waals surface area contributed by atoms with E-state index in [2.05, 4.69) is 39.0 Å². The van der Waals surface area contributed by atoms with Crippen molar-refractivity contribution in [1.82, 2.24) is 0 Å². The minimum absolute atomic E-state index is 0.604. The van der Waals surface area contributed by atoms with Crippen molar-refractivity contribution in [3.63, 3.8) is 0 Å². The Morgan fingerprint density at radius 1 is 1.29 bits per heavy atom. The molecule has 0 bridgehead atoms. The van der Waals surface area contributed by atoms with Crippen LogP contribution in [0.4, 0.5) is 0 Å². The van der Waals surface area contributed by atoms with Crippen molar-refractivity contribution in [2.24, 2.45) is 5.92 Å². The van der Waals surface area contributed by atoms with Crippen LogP contribution in [0.5, 0.6) is 0 Å². The summed E-state index contributed by atoms with van der Waals surface area (Å²) < 4.78 is 0. The smallest absolute Gasteiger partial charge is 0.0143 e. The Labute approximate surface area is 87.3 Å². The zero-order chi connectivity index (χ0) is 10.1. The van der Waals surface area contributed by atoms with Crippen LogP contribution in [0, 0.1) is 12.0 Å². The Hall–Kier alpha value is -0.780. The van der Waals surface area contributed by atoms with Gasteiger partial charge in [-0.2, -0.15) is 0 Å². The van der Waals surface area contributed by atoms with E-state index in [0.29, 0.717) is 5.92 Å². The van der Waals surface area contributed by atoms with Gasteiger partial charge in [-0.25, -0.2) is 0 Å². The maximum atomic E-state index is 3.40. The second kappa shape index (κ2) is 3.76. The van der Waals surface area contributed by atoms with Crippen LogP contribution in [0.25, 0.3) is 0 Å². The van der Waals surface area contributed by atoms with Crippen LogP contribution in [-0.4, -0.2) is 0 Å². The zero-order valence-electron chi connectivity index (χ0n) is 9.38. The van der Waals surface area contributed by atoms with Crippen molar-refractivity contribution in [1.29, 1.82) is 0 Å². The molecular formula is C14H19. The van der Waals surface area contributed by atoms with Crippen molar-refractivity contribution >= 4 is 0 Å². The highest BCUT2D eigenvalue weighted by Gasteiger charge is 2.30. The molecule has 0 heterocycles. The molecular weight excluding hydrogens is 168 g/mol. The first-order valence-electron chi connectivity index (χ1n) is 5.70. The minimum atomic E-state index is 0.604. The second-order valence-corrected chi connectivity index (χ2v) is 4.82. The summed E-state index contributed by atoms with van der Waals surface area (Å²) in [6.45, 7) is 6.89. The van der Waals surface area contributed by atoms with E-state index in [9.17, 15) is 0 Å². The first-order valence-corrected chi connectivity index (χ1v) is 5.70. The van der Waals surface area contributed by atoms with E-state index in [-0.39, 0.29) is 0 Å². The first kappa shape index (κ1) is 9.76. The lowest BCUT2D eigenvalue weighted by molar-refractivity contribution is 0.648. The SMILES string of the molecule is CC(C)c1[c]cccc1[C@H](C)C1CC1. The Morgan fingerprint density at radius 3 is 2.57 bits per heavy atom. The van der Waals surface area contributed by atoms with E-state index in [1.165, 1.54) is 24.0 Å². The Morgan fingerprint density at radius 2 is 2.00 bits per heavy atom.